The highest BCUT2D eigenvalue weighted by molar-refractivity contribution is 7.86. The SMILES string of the molecule is CS(=O)(=O)Oc1cccc2c1N[C@H](C1CCCCC1)[C@@H]1CC3OC3[C@H]21. The first-order valence-electron chi connectivity index (χ1n) is 9.45. The van der Waals surface area contributed by atoms with Gasteiger partial charge in [-0.2, -0.15) is 8.42 Å². The van der Waals surface area contributed by atoms with Gasteiger partial charge in [-0.15, -0.1) is 0 Å². The molecule has 2 saturated carbocycles. The van der Waals surface area contributed by atoms with Crippen molar-refractivity contribution in [2.24, 2.45) is 11.8 Å². The Morgan fingerprint density at radius 1 is 1.20 bits per heavy atom. The monoisotopic (exact) mass is 363 g/mol. The second kappa shape index (κ2) is 5.61. The number of para-hydroxylation sites is 1. The van der Waals surface area contributed by atoms with E-state index in [4.69, 9.17) is 8.92 Å². The fourth-order valence-corrected chi connectivity index (χ4v) is 6.01. The van der Waals surface area contributed by atoms with Gasteiger partial charge in [-0.1, -0.05) is 31.4 Å². The Morgan fingerprint density at radius 2 is 2.00 bits per heavy atom. The predicted molar refractivity (Wildman–Crippen MR) is 95.4 cm³/mol. The Bertz CT molecular complexity index is 787. The van der Waals surface area contributed by atoms with Crippen molar-refractivity contribution in [3.8, 4) is 5.75 Å². The predicted octanol–water partition coefficient (Wildman–Crippen LogP) is 3.27. The van der Waals surface area contributed by atoms with Gasteiger partial charge < -0.3 is 14.2 Å². The second-order valence-corrected chi connectivity index (χ2v) is 9.72. The molecule has 2 heterocycles. The molecule has 1 aromatic rings. The maximum atomic E-state index is 11.7. The van der Waals surface area contributed by atoms with Crippen molar-refractivity contribution < 1.29 is 17.3 Å². The number of hydrogen-bond donors (Lipinski definition) is 1. The van der Waals surface area contributed by atoms with E-state index in [9.17, 15) is 8.42 Å². The van der Waals surface area contributed by atoms with Crippen LogP contribution in [0.25, 0.3) is 0 Å². The van der Waals surface area contributed by atoms with E-state index in [-0.39, 0.29) is 0 Å². The molecule has 1 aromatic carbocycles. The number of anilines is 1. The molecule has 5 atom stereocenters. The van der Waals surface area contributed by atoms with Gasteiger partial charge >= 0.3 is 10.1 Å². The zero-order valence-corrected chi connectivity index (χ0v) is 15.3. The minimum Gasteiger partial charge on any atom is -0.380 e. The number of fused-ring (bicyclic) bond motifs is 5. The summed E-state index contributed by atoms with van der Waals surface area (Å²) in [5.41, 5.74) is 2.05. The molecule has 5 rings (SSSR count). The third-order valence-corrected chi connectivity index (χ3v) is 7.01. The lowest BCUT2D eigenvalue weighted by molar-refractivity contribution is 0.177. The molecule has 5 nitrogen and oxygen atoms in total. The Hall–Kier alpha value is -1.27. The molecule has 2 aliphatic carbocycles. The van der Waals surface area contributed by atoms with Crippen molar-refractivity contribution in [1.82, 2.24) is 0 Å². The maximum absolute atomic E-state index is 11.7. The molecule has 1 N–H and O–H groups in total. The van der Waals surface area contributed by atoms with Crippen LogP contribution in [0.4, 0.5) is 5.69 Å². The van der Waals surface area contributed by atoms with Gasteiger partial charge in [0.25, 0.3) is 0 Å². The third kappa shape index (κ3) is 2.74. The van der Waals surface area contributed by atoms with E-state index in [1.807, 2.05) is 6.07 Å². The average molecular weight is 363 g/mol. The zero-order valence-electron chi connectivity index (χ0n) is 14.5. The Morgan fingerprint density at radius 3 is 2.76 bits per heavy atom. The molecule has 0 radical (unpaired) electrons. The van der Waals surface area contributed by atoms with Crippen LogP contribution < -0.4 is 9.50 Å². The van der Waals surface area contributed by atoms with E-state index in [1.54, 1.807) is 6.07 Å². The molecule has 6 heteroatoms. The summed E-state index contributed by atoms with van der Waals surface area (Å²) in [5.74, 6) is 2.06. The van der Waals surface area contributed by atoms with E-state index in [0.29, 0.717) is 41.8 Å². The summed E-state index contributed by atoms with van der Waals surface area (Å²) in [5, 5.41) is 3.73. The first-order chi connectivity index (χ1) is 12.0. The normalized spacial score (nSPS) is 36.8. The minimum atomic E-state index is -3.55. The molecule has 2 aliphatic heterocycles. The summed E-state index contributed by atoms with van der Waals surface area (Å²) in [4.78, 5) is 0. The first kappa shape index (κ1) is 15.9. The minimum absolute atomic E-state index is 0.311. The Labute approximate surface area is 149 Å². The highest BCUT2D eigenvalue weighted by atomic mass is 32.2. The van der Waals surface area contributed by atoms with Gasteiger partial charge in [0.15, 0.2) is 5.75 Å². The van der Waals surface area contributed by atoms with E-state index >= 15 is 0 Å². The quantitative estimate of drug-likeness (QED) is 0.659. The fraction of sp³-hybridized carbons (Fsp3) is 0.684. The van der Waals surface area contributed by atoms with Crippen LogP contribution in [0.15, 0.2) is 18.2 Å². The second-order valence-electron chi connectivity index (χ2n) is 8.14. The number of ether oxygens (including phenoxy) is 1. The van der Waals surface area contributed by atoms with Gasteiger partial charge in [0.2, 0.25) is 0 Å². The molecule has 0 aromatic heterocycles. The van der Waals surface area contributed by atoms with E-state index in [2.05, 4.69) is 11.4 Å². The number of hydrogen-bond acceptors (Lipinski definition) is 5. The Balaban J connectivity index is 1.55. The lowest BCUT2D eigenvalue weighted by atomic mass is 9.71. The van der Waals surface area contributed by atoms with Crippen molar-refractivity contribution in [3.63, 3.8) is 0 Å². The molecule has 0 bridgehead atoms. The van der Waals surface area contributed by atoms with Crippen molar-refractivity contribution >= 4 is 15.8 Å². The number of epoxide rings is 1. The van der Waals surface area contributed by atoms with Crippen LogP contribution >= 0.6 is 0 Å². The lowest BCUT2D eigenvalue weighted by Crippen LogP contribution is -2.43. The smallest absolute Gasteiger partial charge is 0.306 e. The van der Waals surface area contributed by atoms with Gasteiger partial charge in [-0.25, -0.2) is 0 Å². The van der Waals surface area contributed by atoms with E-state index in [0.717, 1.165) is 18.4 Å². The van der Waals surface area contributed by atoms with Crippen LogP contribution in [-0.2, 0) is 14.9 Å². The number of nitrogens with one attached hydrogen (secondary N) is 1. The number of rotatable bonds is 3. The van der Waals surface area contributed by atoms with Crippen LogP contribution in [-0.4, -0.2) is 32.9 Å². The maximum Gasteiger partial charge on any atom is 0.306 e. The molecule has 0 spiro atoms. The molecule has 1 saturated heterocycles. The number of benzene rings is 1. The van der Waals surface area contributed by atoms with E-state index in [1.165, 1.54) is 37.7 Å². The van der Waals surface area contributed by atoms with Crippen molar-refractivity contribution in [3.05, 3.63) is 23.8 Å². The highest BCUT2D eigenvalue weighted by Crippen LogP contribution is 2.59. The van der Waals surface area contributed by atoms with Gasteiger partial charge in [-0.05, 0) is 42.7 Å². The molecule has 25 heavy (non-hydrogen) atoms. The summed E-state index contributed by atoms with van der Waals surface area (Å²) < 4.78 is 34.6. The largest absolute Gasteiger partial charge is 0.380 e. The summed E-state index contributed by atoms with van der Waals surface area (Å²) in [6.45, 7) is 0. The van der Waals surface area contributed by atoms with Crippen LogP contribution in [0.5, 0.6) is 5.75 Å². The topological polar surface area (TPSA) is 67.9 Å². The first-order valence-corrected chi connectivity index (χ1v) is 11.3. The Kier molecular flexibility index (Phi) is 3.58. The van der Waals surface area contributed by atoms with E-state index < -0.39 is 10.1 Å². The molecule has 136 valence electrons. The zero-order chi connectivity index (χ0) is 17.2. The van der Waals surface area contributed by atoms with Crippen molar-refractivity contribution in [2.45, 2.75) is 62.7 Å². The third-order valence-electron chi connectivity index (χ3n) is 6.53. The van der Waals surface area contributed by atoms with Crippen LogP contribution in [0.2, 0.25) is 0 Å². The molecule has 0 amide bonds. The average Bonchev–Trinajstić information content (AvgIpc) is 3.24. The summed E-state index contributed by atoms with van der Waals surface area (Å²) in [6.07, 6.45) is 9.41. The van der Waals surface area contributed by atoms with Gasteiger partial charge in [0, 0.05) is 12.0 Å². The van der Waals surface area contributed by atoms with Crippen LogP contribution in [0.3, 0.4) is 0 Å². The van der Waals surface area contributed by atoms with Crippen molar-refractivity contribution in [2.75, 3.05) is 11.6 Å². The standard InChI is InChI=1S/C19H25NO4S/c1-25(21,22)24-14-9-5-8-12-16-13(10-15-19(16)23-15)17(20-18(12)14)11-6-3-2-4-7-11/h5,8-9,11,13,15-17,19-20H,2-4,6-7,10H2,1H3/t13-,15?,16-,17-,19?/m1/s1. The van der Waals surface area contributed by atoms with Gasteiger partial charge in [0.1, 0.15) is 0 Å². The summed E-state index contributed by atoms with van der Waals surface area (Å²) in [7, 11) is -3.55. The molecular weight excluding hydrogens is 338 g/mol. The molecular formula is C19H25NO4S. The molecule has 2 unspecified atom stereocenters. The highest BCUT2D eigenvalue weighted by Gasteiger charge is 2.60. The molecule has 3 fully saturated rings. The van der Waals surface area contributed by atoms with Crippen LogP contribution in [0.1, 0.15) is 50.0 Å². The molecule has 4 aliphatic rings. The summed E-state index contributed by atoms with van der Waals surface area (Å²) in [6, 6.07) is 6.16. The fourth-order valence-electron chi connectivity index (χ4n) is 5.55. The van der Waals surface area contributed by atoms with Gasteiger partial charge in [0.05, 0.1) is 24.2 Å². The van der Waals surface area contributed by atoms with Crippen molar-refractivity contribution in [1.29, 1.82) is 0 Å². The lowest BCUT2D eigenvalue weighted by Gasteiger charge is -2.43. The summed E-state index contributed by atoms with van der Waals surface area (Å²) >= 11 is 0. The van der Waals surface area contributed by atoms with Gasteiger partial charge in [-0.3, -0.25) is 0 Å². The van der Waals surface area contributed by atoms with Crippen LogP contribution in [0, 0.1) is 11.8 Å².